The molecule has 7 heteroatoms. The van der Waals surface area contributed by atoms with Gasteiger partial charge in [0.05, 0.1) is 13.2 Å². The maximum Gasteiger partial charge on any atom is 0.271 e. The lowest BCUT2D eigenvalue weighted by atomic mass is 10.3. The third-order valence-corrected chi connectivity index (χ3v) is 2.44. The van der Waals surface area contributed by atoms with E-state index in [4.69, 9.17) is 9.47 Å². The standard InChI is InChI=1S/C13H22N4O3/c1-3-14-13(18)11-5-6-12(17-16-11)15-7-4-8-20-10-9-19-2/h5-6H,3-4,7-10H2,1-2H3,(H,14,18)(H,15,17). The van der Waals surface area contributed by atoms with Gasteiger partial charge >= 0.3 is 0 Å². The molecule has 1 aromatic rings. The van der Waals surface area contributed by atoms with Crippen molar-refractivity contribution in [2.24, 2.45) is 0 Å². The normalized spacial score (nSPS) is 10.3. The van der Waals surface area contributed by atoms with Gasteiger partial charge in [-0.05, 0) is 25.5 Å². The molecule has 0 atom stereocenters. The van der Waals surface area contributed by atoms with Crippen molar-refractivity contribution in [2.75, 3.05) is 45.3 Å². The third-order valence-electron chi connectivity index (χ3n) is 2.44. The minimum absolute atomic E-state index is 0.210. The first-order valence-electron chi connectivity index (χ1n) is 6.70. The summed E-state index contributed by atoms with van der Waals surface area (Å²) < 4.78 is 10.2. The smallest absolute Gasteiger partial charge is 0.271 e. The van der Waals surface area contributed by atoms with Gasteiger partial charge in [-0.25, -0.2) is 0 Å². The summed E-state index contributed by atoms with van der Waals surface area (Å²) in [6.07, 6.45) is 0.865. The van der Waals surface area contributed by atoms with Crippen LogP contribution in [0.2, 0.25) is 0 Å². The quantitative estimate of drug-likeness (QED) is 0.614. The zero-order valence-corrected chi connectivity index (χ0v) is 12.0. The summed E-state index contributed by atoms with van der Waals surface area (Å²) >= 11 is 0. The van der Waals surface area contributed by atoms with Crippen LogP contribution in [0.3, 0.4) is 0 Å². The zero-order chi connectivity index (χ0) is 14.6. The molecule has 0 fully saturated rings. The zero-order valence-electron chi connectivity index (χ0n) is 12.0. The molecule has 1 heterocycles. The van der Waals surface area contributed by atoms with Crippen molar-refractivity contribution in [1.82, 2.24) is 15.5 Å². The molecule has 0 aromatic carbocycles. The molecule has 0 aliphatic heterocycles. The molecule has 20 heavy (non-hydrogen) atoms. The summed E-state index contributed by atoms with van der Waals surface area (Å²) in [5.41, 5.74) is 0.320. The molecule has 0 bridgehead atoms. The lowest BCUT2D eigenvalue weighted by Crippen LogP contribution is -2.24. The van der Waals surface area contributed by atoms with E-state index < -0.39 is 0 Å². The van der Waals surface area contributed by atoms with Gasteiger partial charge in [0.1, 0.15) is 5.82 Å². The van der Waals surface area contributed by atoms with Crippen molar-refractivity contribution in [3.8, 4) is 0 Å². The Morgan fingerprint density at radius 1 is 1.25 bits per heavy atom. The minimum Gasteiger partial charge on any atom is -0.382 e. The van der Waals surface area contributed by atoms with E-state index in [1.54, 1.807) is 19.2 Å². The van der Waals surface area contributed by atoms with Gasteiger partial charge in [0, 0.05) is 26.8 Å². The Morgan fingerprint density at radius 3 is 2.75 bits per heavy atom. The lowest BCUT2D eigenvalue weighted by molar-refractivity contribution is 0.0705. The predicted octanol–water partition coefficient (Wildman–Crippen LogP) is 0.691. The van der Waals surface area contributed by atoms with Gasteiger partial charge in [0.2, 0.25) is 0 Å². The maximum absolute atomic E-state index is 11.5. The minimum atomic E-state index is -0.210. The Kier molecular flexibility index (Phi) is 8.25. The van der Waals surface area contributed by atoms with Crippen LogP contribution >= 0.6 is 0 Å². The topological polar surface area (TPSA) is 85.4 Å². The molecular formula is C13H22N4O3. The number of anilines is 1. The van der Waals surface area contributed by atoms with Crippen molar-refractivity contribution in [3.05, 3.63) is 17.8 Å². The predicted molar refractivity (Wildman–Crippen MR) is 75.8 cm³/mol. The fourth-order valence-electron chi connectivity index (χ4n) is 1.43. The monoisotopic (exact) mass is 282 g/mol. The Labute approximate surface area is 119 Å². The highest BCUT2D eigenvalue weighted by Crippen LogP contribution is 2.02. The molecule has 0 aliphatic rings. The Balaban J connectivity index is 2.20. The van der Waals surface area contributed by atoms with Crippen LogP contribution in [0.4, 0.5) is 5.82 Å². The molecule has 0 radical (unpaired) electrons. The SMILES string of the molecule is CCNC(=O)c1ccc(NCCCOCCOC)nn1. The summed E-state index contributed by atoms with van der Waals surface area (Å²) in [6, 6.07) is 3.39. The molecular weight excluding hydrogens is 260 g/mol. The van der Waals surface area contributed by atoms with Crippen molar-refractivity contribution >= 4 is 11.7 Å². The van der Waals surface area contributed by atoms with E-state index >= 15 is 0 Å². The number of hydrogen-bond donors (Lipinski definition) is 2. The van der Waals surface area contributed by atoms with Gasteiger partial charge in [0.25, 0.3) is 5.91 Å². The van der Waals surface area contributed by atoms with Crippen LogP contribution in [0.5, 0.6) is 0 Å². The van der Waals surface area contributed by atoms with E-state index in [1.165, 1.54) is 0 Å². The first-order valence-corrected chi connectivity index (χ1v) is 6.70. The van der Waals surface area contributed by atoms with Crippen LogP contribution in [-0.2, 0) is 9.47 Å². The number of hydrogen-bond acceptors (Lipinski definition) is 6. The van der Waals surface area contributed by atoms with Crippen molar-refractivity contribution in [2.45, 2.75) is 13.3 Å². The average molecular weight is 282 g/mol. The third kappa shape index (κ3) is 6.44. The van der Waals surface area contributed by atoms with E-state index in [9.17, 15) is 4.79 Å². The van der Waals surface area contributed by atoms with Gasteiger partial charge in [-0.2, -0.15) is 0 Å². The van der Waals surface area contributed by atoms with Crippen molar-refractivity contribution in [1.29, 1.82) is 0 Å². The molecule has 1 aromatic heterocycles. The van der Waals surface area contributed by atoms with Crippen molar-refractivity contribution in [3.63, 3.8) is 0 Å². The highest BCUT2D eigenvalue weighted by molar-refractivity contribution is 5.92. The number of aromatic nitrogens is 2. The molecule has 0 aliphatic carbocycles. The van der Waals surface area contributed by atoms with Crippen LogP contribution in [0, 0.1) is 0 Å². The fourth-order valence-corrected chi connectivity index (χ4v) is 1.43. The average Bonchev–Trinajstić information content (AvgIpc) is 2.47. The van der Waals surface area contributed by atoms with Gasteiger partial charge in [-0.3, -0.25) is 4.79 Å². The van der Waals surface area contributed by atoms with Crippen LogP contribution in [0.25, 0.3) is 0 Å². The molecule has 2 N–H and O–H groups in total. The molecule has 1 amide bonds. The summed E-state index contributed by atoms with van der Waals surface area (Å²) in [5.74, 6) is 0.438. The van der Waals surface area contributed by atoms with E-state index in [0.717, 1.165) is 13.0 Å². The second kappa shape index (κ2) is 10.1. The highest BCUT2D eigenvalue weighted by Gasteiger charge is 2.05. The number of rotatable bonds is 10. The van der Waals surface area contributed by atoms with Gasteiger partial charge < -0.3 is 20.1 Å². The molecule has 1 rings (SSSR count). The van der Waals surface area contributed by atoms with Gasteiger partial charge in [-0.1, -0.05) is 0 Å². The summed E-state index contributed by atoms with van der Waals surface area (Å²) in [6.45, 7) is 5.06. The molecule has 0 saturated heterocycles. The first kappa shape index (κ1) is 16.3. The summed E-state index contributed by atoms with van der Waals surface area (Å²) in [7, 11) is 1.65. The largest absolute Gasteiger partial charge is 0.382 e. The fraction of sp³-hybridized carbons (Fsp3) is 0.615. The molecule has 0 saturated carbocycles. The van der Waals surface area contributed by atoms with E-state index in [-0.39, 0.29) is 5.91 Å². The van der Waals surface area contributed by atoms with E-state index in [1.807, 2.05) is 6.92 Å². The molecule has 0 spiro atoms. The number of ether oxygens (including phenoxy) is 2. The van der Waals surface area contributed by atoms with Crippen LogP contribution in [0.1, 0.15) is 23.8 Å². The Morgan fingerprint density at radius 2 is 2.10 bits per heavy atom. The number of nitrogens with one attached hydrogen (secondary N) is 2. The summed E-state index contributed by atoms with van der Waals surface area (Å²) in [4.78, 5) is 11.5. The lowest BCUT2D eigenvalue weighted by Gasteiger charge is -2.06. The van der Waals surface area contributed by atoms with Crippen LogP contribution < -0.4 is 10.6 Å². The molecule has 112 valence electrons. The number of carbonyl (C=O) groups excluding carboxylic acids is 1. The molecule has 7 nitrogen and oxygen atoms in total. The maximum atomic E-state index is 11.5. The van der Waals surface area contributed by atoms with Crippen LogP contribution in [0.15, 0.2) is 12.1 Å². The Hall–Kier alpha value is -1.73. The van der Waals surface area contributed by atoms with Gasteiger partial charge in [-0.15, -0.1) is 10.2 Å². The number of nitrogens with zero attached hydrogens (tertiary/aromatic N) is 2. The van der Waals surface area contributed by atoms with Gasteiger partial charge in [0.15, 0.2) is 5.69 Å². The van der Waals surface area contributed by atoms with Crippen molar-refractivity contribution < 1.29 is 14.3 Å². The number of methoxy groups -OCH3 is 1. The Bertz CT molecular complexity index is 384. The second-order valence-corrected chi connectivity index (χ2v) is 4.05. The highest BCUT2D eigenvalue weighted by atomic mass is 16.5. The second-order valence-electron chi connectivity index (χ2n) is 4.05. The van der Waals surface area contributed by atoms with E-state index in [0.29, 0.717) is 37.9 Å². The number of carbonyl (C=O) groups is 1. The van der Waals surface area contributed by atoms with E-state index in [2.05, 4.69) is 20.8 Å². The summed E-state index contributed by atoms with van der Waals surface area (Å²) in [5, 5.41) is 13.6. The number of amides is 1. The first-order chi connectivity index (χ1) is 9.77. The van der Waals surface area contributed by atoms with Crippen LogP contribution in [-0.4, -0.2) is 56.1 Å². The molecule has 0 unspecified atom stereocenters.